The molecule has 1 saturated heterocycles. The Kier molecular flexibility index (Phi) is 10.3. The van der Waals surface area contributed by atoms with E-state index >= 15 is 0 Å². The Labute approximate surface area is 312 Å². The molecule has 16 heteroatoms. The molecule has 1 fully saturated rings. The minimum atomic E-state index is -1.09. The molecule has 3 aromatic carbocycles. The van der Waals surface area contributed by atoms with Crippen molar-refractivity contribution in [1.29, 1.82) is 0 Å². The monoisotopic (exact) mass is 748 g/mol. The van der Waals surface area contributed by atoms with Gasteiger partial charge < -0.3 is 25.7 Å². The summed E-state index contributed by atoms with van der Waals surface area (Å²) < 4.78 is 5.84. The maximum Gasteiger partial charge on any atom is 0.264 e. The number of ether oxygens (including phenoxy) is 1. The number of halogens is 1. The number of unbranched alkanes of at least 4 members (excludes halogenated alkanes) is 1. The lowest BCUT2D eigenvalue weighted by molar-refractivity contribution is -0.136. The van der Waals surface area contributed by atoms with Crippen LogP contribution in [-0.2, 0) is 14.4 Å². The Morgan fingerprint density at radius 3 is 2.50 bits per heavy atom. The van der Waals surface area contributed by atoms with Gasteiger partial charge in [-0.25, -0.2) is 9.97 Å². The van der Waals surface area contributed by atoms with E-state index in [4.69, 9.17) is 16.3 Å². The minimum Gasteiger partial charge on any atom is -0.457 e. The Hall–Kier alpha value is -6.61. The van der Waals surface area contributed by atoms with E-state index in [1.165, 1.54) is 12.4 Å². The number of piperidine rings is 1. The first kappa shape index (κ1) is 35.8. The minimum absolute atomic E-state index is 0.0167. The van der Waals surface area contributed by atoms with Crippen molar-refractivity contribution in [3.63, 3.8) is 0 Å². The maximum atomic E-state index is 13.6. The number of hydrogen-bond acceptors (Lipinski definition) is 11. The molecule has 54 heavy (non-hydrogen) atoms. The van der Waals surface area contributed by atoms with Gasteiger partial charge in [0.1, 0.15) is 35.3 Å². The first-order valence-electron chi connectivity index (χ1n) is 17.2. The Morgan fingerprint density at radius 1 is 0.889 bits per heavy atom. The lowest BCUT2D eigenvalue weighted by Crippen LogP contribution is -2.54. The number of imide groups is 2. The average molecular weight is 749 g/mol. The van der Waals surface area contributed by atoms with E-state index in [1.807, 2.05) is 30.3 Å². The third kappa shape index (κ3) is 7.34. The second kappa shape index (κ2) is 15.6. The summed E-state index contributed by atoms with van der Waals surface area (Å²) in [5.74, 6) is -1.47. The highest BCUT2D eigenvalue weighted by Gasteiger charge is 2.45. The zero-order valence-corrected chi connectivity index (χ0v) is 29.4. The molecule has 5 aromatic rings. The number of H-pyrrole nitrogens is 1. The van der Waals surface area contributed by atoms with Crippen molar-refractivity contribution < 1.29 is 33.5 Å². The van der Waals surface area contributed by atoms with Gasteiger partial charge in [-0.05, 0) is 55.7 Å². The summed E-state index contributed by atoms with van der Waals surface area (Å²) in [5, 5.41) is 12.0. The fourth-order valence-corrected chi connectivity index (χ4v) is 6.63. The number of fused-ring (bicyclic) bond motifs is 2. The molecule has 2 aliphatic rings. The lowest BCUT2D eigenvalue weighted by Gasteiger charge is -2.27. The zero-order chi connectivity index (χ0) is 37.8. The van der Waals surface area contributed by atoms with Crippen LogP contribution in [0.25, 0.3) is 11.0 Å². The molecule has 0 spiro atoms. The molecule has 0 radical (unpaired) electrons. The highest BCUT2D eigenvalue weighted by atomic mass is 35.5. The number of rotatable bonds is 14. The van der Waals surface area contributed by atoms with Gasteiger partial charge in [0.15, 0.2) is 5.78 Å². The predicted octanol–water partition coefficient (Wildman–Crippen LogP) is 4.46. The zero-order valence-electron chi connectivity index (χ0n) is 28.6. The number of nitrogens with zero attached hydrogens (tertiary/aromatic N) is 3. The van der Waals surface area contributed by atoms with E-state index in [0.717, 1.165) is 4.90 Å². The van der Waals surface area contributed by atoms with Crippen LogP contribution in [0.15, 0.2) is 79.3 Å². The van der Waals surface area contributed by atoms with Gasteiger partial charge in [0.2, 0.25) is 17.7 Å². The molecular weight excluding hydrogens is 716 g/mol. The fraction of sp³-hybridized carbons (Fsp3) is 0.211. The number of hydrogen-bond donors (Lipinski definition) is 5. The largest absolute Gasteiger partial charge is 0.457 e. The highest BCUT2D eigenvalue weighted by molar-refractivity contribution is 6.36. The molecular formula is C38H33ClN8O7. The average Bonchev–Trinajstić information content (AvgIpc) is 3.71. The number of anilines is 2. The number of benzene rings is 3. The van der Waals surface area contributed by atoms with Crippen LogP contribution in [-0.4, -0.2) is 80.8 Å². The topological polar surface area (TPSA) is 205 Å². The molecule has 0 saturated carbocycles. The molecule has 0 bridgehead atoms. The Morgan fingerprint density at radius 2 is 1.70 bits per heavy atom. The van der Waals surface area contributed by atoms with Crippen LogP contribution in [0, 0.1) is 0 Å². The maximum absolute atomic E-state index is 13.6. The van der Waals surface area contributed by atoms with Gasteiger partial charge in [-0.2, -0.15) is 0 Å². The number of aromatic amines is 1. The Bertz CT molecular complexity index is 2310. The van der Waals surface area contributed by atoms with Crippen LogP contribution in [0.5, 0.6) is 11.5 Å². The van der Waals surface area contributed by atoms with Crippen LogP contribution >= 0.6 is 11.6 Å². The van der Waals surface area contributed by atoms with Crippen molar-refractivity contribution in [3.05, 3.63) is 107 Å². The first-order chi connectivity index (χ1) is 26.2. The number of carbonyl (C=O) groups excluding carboxylic acids is 6. The molecule has 4 heterocycles. The molecule has 1 unspecified atom stereocenters. The van der Waals surface area contributed by atoms with E-state index in [1.54, 1.807) is 36.5 Å². The van der Waals surface area contributed by atoms with Gasteiger partial charge in [0.25, 0.3) is 11.8 Å². The van der Waals surface area contributed by atoms with Gasteiger partial charge in [-0.3, -0.25) is 39.0 Å². The standard InChI is InChI=1S/C38H33ClN8O7/c39-26-17-22(54-21-7-2-1-3-8-21)11-12-23(26)33(50)25-18-43-35-32(25)34(44-20-45-35)41-16-5-4-15-40-30(49)19-42-27-10-6-9-24-31(27)38(53)47(37(24)52)28-13-14-29(48)46-36(28)51/h1-3,6-12,17-18,20,28,42H,4-5,13-16,19H2,(H,40,49)(H,46,48,51)(H2,41,43,44,45). The van der Waals surface area contributed by atoms with E-state index in [2.05, 4.69) is 36.2 Å². The summed E-state index contributed by atoms with van der Waals surface area (Å²) in [7, 11) is 0. The van der Waals surface area contributed by atoms with Crippen LogP contribution in [0.1, 0.15) is 62.3 Å². The summed E-state index contributed by atoms with van der Waals surface area (Å²) in [6, 6.07) is 17.7. The summed E-state index contributed by atoms with van der Waals surface area (Å²) in [6.45, 7) is 0.692. The predicted molar refractivity (Wildman–Crippen MR) is 198 cm³/mol. The van der Waals surface area contributed by atoms with Crippen molar-refractivity contribution in [2.75, 3.05) is 30.3 Å². The molecule has 274 valence electrons. The number of aromatic nitrogens is 3. The van der Waals surface area contributed by atoms with Gasteiger partial charge in [0, 0.05) is 43.0 Å². The van der Waals surface area contributed by atoms with Crippen molar-refractivity contribution in [2.45, 2.75) is 31.7 Å². The van der Waals surface area contributed by atoms with Crippen molar-refractivity contribution >= 4 is 69.5 Å². The van der Waals surface area contributed by atoms with E-state index in [-0.39, 0.29) is 52.9 Å². The van der Waals surface area contributed by atoms with Crippen LogP contribution < -0.4 is 26.0 Å². The van der Waals surface area contributed by atoms with Crippen LogP contribution in [0.4, 0.5) is 11.5 Å². The number of ketones is 1. The number of nitrogens with one attached hydrogen (secondary N) is 5. The number of para-hydroxylation sites is 1. The summed E-state index contributed by atoms with van der Waals surface area (Å²) in [4.78, 5) is 89.1. The van der Waals surface area contributed by atoms with E-state index < -0.39 is 29.7 Å². The molecule has 2 aliphatic heterocycles. The summed E-state index contributed by atoms with van der Waals surface area (Å²) in [6.07, 6.45) is 4.30. The quantitative estimate of drug-likeness (QED) is 0.0609. The molecule has 15 nitrogen and oxygen atoms in total. The van der Waals surface area contributed by atoms with Crippen molar-refractivity contribution in [3.8, 4) is 11.5 Å². The third-order valence-electron chi connectivity index (χ3n) is 9.00. The SMILES string of the molecule is O=C(CNc1cccc2c1C(=O)N(C1CCC(=O)NC1=O)C2=O)NCCCCNc1ncnc2[nH]cc(C(=O)c3ccc(Oc4ccccc4)cc3Cl)c12. The van der Waals surface area contributed by atoms with Gasteiger partial charge in [0.05, 0.1) is 33.6 Å². The lowest BCUT2D eigenvalue weighted by atomic mass is 10.0. The first-order valence-corrected chi connectivity index (χ1v) is 17.6. The molecule has 1 atom stereocenters. The Balaban J connectivity index is 0.896. The van der Waals surface area contributed by atoms with Crippen LogP contribution in [0.2, 0.25) is 5.02 Å². The van der Waals surface area contributed by atoms with Gasteiger partial charge in [-0.15, -0.1) is 0 Å². The third-order valence-corrected chi connectivity index (χ3v) is 9.32. The highest BCUT2D eigenvalue weighted by Crippen LogP contribution is 2.33. The van der Waals surface area contributed by atoms with Crippen molar-refractivity contribution in [2.24, 2.45) is 0 Å². The van der Waals surface area contributed by atoms with Crippen molar-refractivity contribution in [1.82, 2.24) is 30.5 Å². The van der Waals surface area contributed by atoms with E-state index in [9.17, 15) is 28.8 Å². The number of amides is 5. The molecule has 7 rings (SSSR count). The fourth-order valence-electron chi connectivity index (χ4n) is 6.37. The van der Waals surface area contributed by atoms with Gasteiger partial charge >= 0.3 is 0 Å². The van der Waals surface area contributed by atoms with Crippen LogP contribution in [0.3, 0.4) is 0 Å². The normalized spacial score (nSPS) is 15.2. The van der Waals surface area contributed by atoms with E-state index in [0.29, 0.717) is 65.4 Å². The number of carbonyl (C=O) groups is 6. The second-order valence-corrected chi connectivity index (χ2v) is 13.0. The molecule has 5 N–H and O–H groups in total. The summed E-state index contributed by atoms with van der Waals surface area (Å²) >= 11 is 6.54. The van der Waals surface area contributed by atoms with Gasteiger partial charge in [-0.1, -0.05) is 35.9 Å². The molecule has 5 amide bonds. The smallest absolute Gasteiger partial charge is 0.264 e. The molecule has 2 aromatic heterocycles. The molecule has 0 aliphatic carbocycles. The summed E-state index contributed by atoms with van der Waals surface area (Å²) in [5.41, 5.74) is 1.61. The second-order valence-electron chi connectivity index (χ2n) is 12.5.